The average molecular weight is 272 g/mol. The summed E-state index contributed by atoms with van der Waals surface area (Å²) < 4.78 is 27.0. The first-order chi connectivity index (χ1) is 8.58. The van der Waals surface area contributed by atoms with E-state index in [1.807, 2.05) is 19.1 Å². The Bertz CT molecular complexity index is 370. The highest BCUT2D eigenvalue weighted by Crippen LogP contribution is 2.27. The van der Waals surface area contributed by atoms with Crippen LogP contribution in [0.4, 0.5) is 0 Å². The molecule has 0 heterocycles. The maximum absolute atomic E-state index is 5.44. The van der Waals surface area contributed by atoms with E-state index in [0.717, 1.165) is 10.8 Å². The molecule has 0 saturated carbocycles. The second-order valence-corrected chi connectivity index (χ2v) is 6.59. The molecule has 0 aliphatic carbocycles. The van der Waals surface area contributed by atoms with E-state index >= 15 is 0 Å². The molecule has 0 spiro atoms. The topological polar surface area (TPSA) is 46.2 Å². The summed E-state index contributed by atoms with van der Waals surface area (Å²) in [6.07, 6.45) is 0. The SMILES string of the molecule is COc1cc([Si](OC)(OC)OC)cc(OC)c1C. The van der Waals surface area contributed by atoms with Gasteiger partial charge in [0.2, 0.25) is 0 Å². The van der Waals surface area contributed by atoms with Crippen molar-refractivity contribution in [2.45, 2.75) is 6.92 Å². The molecule has 0 N–H and O–H groups in total. The molecule has 0 saturated heterocycles. The highest BCUT2D eigenvalue weighted by Gasteiger charge is 2.41. The summed E-state index contributed by atoms with van der Waals surface area (Å²) in [5.74, 6) is 1.43. The molecule has 0 amide bonds. The minimum Gasteiger partial charge on any atom is -0.496 e. The third-order valence-corrected chi connectivity index (χ3v) is 5.52. The number of hydrogen-bond acceptors (Lipinski definition) is 5. The van der Waals surface area contributed by atoms with Gasteiger partial charge in [-0.1, -0.05) is 0 Å². The van der Waals surface area contributed by atoms with Gasteiger partial charge in [0.1, 0.15) is 11.5 Å². The Morgan fingerprint density at radius 3 is 1.44 bits per heavy atom. The van der Waals surface area contributed by atoms with Gasteiger partial charge in [-0.15, -0.1) is 0 Å². The van der Waals surface area contributed by atoms with E-state index in [9.17, 15) is 0 Å². The molecular formula is C12H20O5Si. The van der Waals surface area contributed by atoms with Crippen molar-refractivity contribution in [3.63, 3.8) is 0 Å². The van der Waals surface area contributed by atoms with Crippen molar-refractivity contribution in [1.82, 2.24) is 0 Å². The summed E-state index contributed by atoms with van der Waals surface area (Å²) in [7, 11) is 5.06. The van der Waals surface area contributed by atoms with Gasteiger partial charge in [-0.3, -0.25) is 0 Å². The Kier molecular flexibility index (Phi) is 5.15. The van der Waals surface area contributed by atoms with Gasteiger partial charge in [-0.25, -0.2) is 0 Å². The lowest BCUT2D eigenvalue weighted by Crippen LogP contribution is -2.54. The van der Waals surface area contributed by atoms with Gasteiger partial charge in [0.15, 0.2) is 0 Å². The largest absolute Gasteiger partial charge is 0.536 e. The van der Waals surface area contributed by atoms with E-state index in [2.05, 4.69) is 0 Å². The van der Waals surface area contributed by atoms with Crippen molar-refractivity contribution >= 4 is 14.0 Å². The number of ether oxygens (including phenoxy) is 2. The Labute approximate surface area is 109 Å². The van der Waals surface area contributed by atoms with Crippen molar-refractivity contribution in [2.75, 3.05) is 35.5 Å². The fourth-order valence-electron chi connectivity index (χ4n) is 1.87. The standard InChI is InChI=1S/C12H20O5Si/c1-9-11(13-2)7-10(8-12(9)14-3)18(15-4,16-5)17-6/h7-8H,1-6H3. The van der Waals surface area contributed by atoms with Gasteiger partial charge >= 0.3 is 8.80 Å². The second kappa shape index (κ2) is 6.19. The van der Waals surface area contributed by atoms with Crippen molar-refractivity contribution < 1.29 is 22.8 Å². The summed E-state index contributed by atoms with van der Waals surface area (Å²) in [5, 5.41) is 0.800. The van der Waals surface area contributed by atoms with E-state index in [1.165, 1.54) is 0 Å². The van der Waals surface area contributed by atoms with Crippen molar-refractivity contribution in [3.8, 4) is 11.5 Å². The van der Waals surface area contributed by atoms with Crippen molar-refractivity contribution in [1.29, 1.82) is 0 Å². The first-order valence-electron chi connectivity index (χ1n) is 5.47. The number of hydrogen-bond donors (Lipinski definition) is 0. The normalized spacial score (nSPS) is 11.4. The Hall–Kier alpha value is -1.08. The van der Waals surface area contributed by atoms with Crippen molar-refractivity contribution in [2.24, 2.45) is 0 Å². The molecule has 1 aromatic carbocycles. The van der Waals surface area contributed by atoms with E-state index < -0.39 is 8.80 Å². The molecule has 0 fully saturated rings. The Balaban J connectivity index is 3.40. The molecule has 0 unspecified atom stereocenters. The molecule has 1 rings (SSSR count). The molecule has 0 aromatic heterocycles. The summed E-state index contributed by atoms with van der Waals surface area (Å²) in [4.78, 5) is 0. The predicted octanol–water partition coefficient (Wildman–Crippen LogP) is 1.10. The minimum atomic E-state index is -2.87. The van der Waals surface area contributed by atoms with E-state index in [0.29, 0.717) is 11.5 Å². The van der Waals surface area contributed by atoms with Gasteiger partial charge < -0.3 is 22.8 Å². The highest BCUT2D eigenvalue weighted by atomic mass is 28.4. The van der Waals surface area contributed by atoms with Gasteiger partial charge in [-0.05, 0) is 19.1 Å². The van der Waals surface area contributed by atoms with Gasteiger partial charge in [0, 0.05) is 32.1 Å². The Morgan fingerprint density at radius 1 is 0.778 bits per heavy atom. The fourth-order valence-corrected chi connectivity index (χ4v) is 3.69. The summed E-state index contributed by atoms with van der Waals surface area (Å²) in [6, 6.07) is 3.72. The minimum absolute atomic E-state index is 0.715. The van der Waals surface area contributed by atoms with Crippen LogP contribution in [0.2, 0.25) is 0 Å². The van der Waals surface area contributed by atoms with Gasteiger partial charge in [0.05, 0.1) is 14.2 Å². The number of methoxy groups -OCH3 is 2. The molecule has 0 aliphatic rings. The van der Waals surface area contributed by atoms with E-state index in [4.69, 9.17) is 22.8 Å². The molecule has 6 heteroatoms. The van der Waals surface area contributed by atoms with Crippen LogP contribution in [-0.2, 0) is 13.3 Å². The predicted molar refractivity (Wildman–Crippen MR) is 70.7 cm³/mol. The lowest BCUT2D eigenvalue weighted by Gasteiger charge is -2.25. The maximum Gasteiger partial charge on any atom is 0.536 e. The molecule has 102 valence electrons. The zero-order valence-electron chi connectivity index (χ0n) is 11.7. The lowest BCUT2D eigenvalue weighted by atomic mass is 10.2. The number of rotatable bonds is 6. The van der Waals surface area contributed by atoms with Crippen molar-refractivity contribution in [3.05, 3.63) is 17.7 Å². The molecule has 0 radical (unpaired) electrons. The first kappa shape index (κ1) is 15.0. The zero-order valence-corrected chi connectivity index (χ0v) is 12.7. The Morgan fingerprint density at radius 2 is 1.17 bits per heavy atom. The van der Waals surface area contributed by atoms with Gasteiger partial charge in [-0.2, -0.15) is 0 Å². The summed E-state index contributed by atoms with van der Waals surface area (Å²) >= 11 is 0. The van der Waals surface area contributed by atoms with Crippen LogP contribution in [0.5, 0.6) is 11.5 Å². The van der Waals surface area contributed by atoms with E-state index in [1.54, 1.807) is 35.5 Å². The third kappa shape index (κ3) is 2.51. The van der Waals surface area contributed by atoms with Crippen LogP contribution in [0, 0.1) is 6.92 Å². The molecule has 0 bridgehead atoms. The first-order valence-corrected chi connectivity index (χ1v) is 7.19. The monoisotopic (exact) mass is 272 g/mol. The third-order valence-electron chi connectivity index (χ3n) is 2.91. The van der Waals surface area contributed by atoms with Crippen LogP contribution in [0.1, 0.15) is 5.56 Å². The summed E-state index contributed by atoms with van der Waals surface area (Å²) in [6.45, 7) is 1.93. The molecule has 0 atom stereocenters. The molecule has 1 aromatic rings. The van der Waals surface area contributed by atoms with Gasteiger partial charge in [0.25, 0.3) is 0 Å². The highest BCUT2D eigenvalue weighted by molar-refractivity contribution is 6.75. The van der Waals surface area contributed by atoms with E-state index in [-0.39, 0.29) is 0 Å². The maximum atomic E-state index is 5.44. The number of benzene rings is 1. The molecular weight excluding hydrogens is 252 g/mol. The molecule has 5 nitrogen and oxygen atoms in total. The smallest absolute Gasteiger partial charge is 0.496 e. The zero-order chi connectivity index (χ0) is 13.8. The van der Waals surface area contributed by atoms with Crippen LogP contribution in [0.15, 0.2) is 12.1 Å². The quantitative estimate of drug-likeness (QED) is 0.726. The molecule has 0 aliphatic heterocycles. The molecule has 18 heavy (non-hydrogen) atoms. The van der Waals surface area contributed by atoms with Crippen LogP contribution >= 0.6 is 0 Å². The van der Waals surface area contributed by atoms with Crippen LogP contribution in [-0.4, -0.2) is 44.4 Å². The summed E-state index contributed by atoms with van der Waals surface area (Å²) in [5.41, 5.74) is 0.926. The second-order valence-electron chi connectivity index (χ2n) is 3.67. The van der Waals surface area contributed by atoms with Crippen LogP contribution in [0.25, 0.3) is 0 Å². The van der Waals surface area contributed by atoms with Crippen LogP contribution in [0.3, 0.4) is 0 Å². The average Bonchev–Trinajstić information content (AvgIpc) is 2.42. The lowest BCUT2D eigenvalue weighted by molar-refractivity contribution is 0.140. The van der Waals surface area contributed by atoms with Crippen LogP contribution < -0.4 is 14.7 Å². The fraction of sp³-hybridized carbons (Fsp3) is 0.500.